The van der Waals surface area contributed by atoms with Gasteiger partial charge in [0.25, 0.3) is 5.91 Å². The van der Waals surface area contributed by atoms with E-state index in [1.165, 1.54) is 18.7 Å². The number of nitrogens with one attached hydrogen (secondary N) is 1. The minimum atomic E-state index is -1.34. The molecule has 0 saturated heterocycles. The number of carboxylic acids is 1. The monoisotopic (exact) mass is 310 g/mol. The number of hydrogen-bond donors (Lipinski definition) is 2. The summed E-state index contributed by atoms with van der Waals surface area (Å²) in [6.45, 7) is 3.08. The van der Waals surface area contributed by atoms with Gasteiger partial charge in [-0.2, -0.15) is 0 Å². The SMILES string of the molecule is CC(C)(C(=O)O)N1C(=O)C(c2ccccc2)Nc2ccccc21. The Morgan fingerprint density at radius 1 is 1.09 bits per heavy atom. The third-order valence-corrected chi connectivity index (χ3v) is 4.13. The van der Waals surface area contributed by atoms with E-state index in [9.17, 15) is 14.7 Å². The van der Waals surface area contributed by atoms with Gasteiger partial charge in [-0.1, -0.05) is 42.5 Å². The van der Waals surface area contributed by atoms with E-state index in [-0.39, 0.29) is 5.91 Å². The normalized spacial score (nSPS) is 17.4. The van der Waals surface area contributed by atoms with E-state index >= 15 is 0 Å². The Morgan fingerprint density at radius 3 is 2.35 bits per heavy atom. The van der Waals surface area contributed by atoms with Crippen molar-refractivity contribution >= 4 is 23.3 Å². The molecule has 1 atom stereocenters. The molecule has 5 heteroatoms. The number of benzene rings is 2. The molecule has 23 heavy (non-hydrogen) atoms. The Labute approximate surface area is 134 Å². The van der Waals surface area contributed by atoms with Crippen molar-refractivity contribution in [2.45, 2.75) is 25.4 Å². The smallest absolute Gasteiger partial charge is 0.329 e. The number of para-hydroxylation sites is 2. The molecule has 1 unspecified atom stereocenters. The summed E-state index contributed by atoms with van der Waals surface area (Å²) >= 11 is 0. The van der Waals surface area contributed by atoms with Crippen molar-refractivity contribution in [1.29, 1.82) is 0 Å². The lowest BCUT2D eigenvalue weighted by molar-refractivity contribution is -0.144. The van der Waals surface area contributed by atoms with E-state index < -0.39 is 17.6 Å². The minimum absolute atomic E-state index is 0.276. The zero-order chi connectivity index (χ0) is 16.6. The molecular formula is C18H18N2O3. The van der Waals surface area contributed by atoms with Gasteiger partial charge in [0.2, 0.25) is 0 Å². The second-order valence-corrected chi connectivity index (χ2v) is 6.04. The maximum atomic E-state index is 13.0. The Balaban J connectivity index is 2.14. The maximum Gasteiger partial charge on any atom is 0.329 e. The first-order chi connectivity index (χ1) is 10.9. The van der Waals surface area contributed by atoms with Crippen LogP contribution in [0.15, 0.2) is 54.6 Å². The second kappa shape index (κ2) is 5.43. The molecule has 0 saturated carbocycles. The van der Waals surface area contributed by atoms with Crippen molar-refractivity contribution in [3.8, 4) is 0 Å². The molecular weight excluding hydrogens is 292 g/mol. The predicted molar refractivity (Wildman–Crippen MR) is 88.4 cm³/mol. The number of fused-ring (bicyclic) bond motifs is 1. The summed E-state index contributed by atoms with van der Waals surface area (Å²) in [5.41, 5.74) is 0.785. The number of hydrogen-bond acceptors (Lipinski definition) is 3. The first-order valence-corrected chi connectivity index (χ1v) is 7.41. The molecule has 1 aliphatic heterocycles. The number of anilines is 2. The molecule has 118 valence electrons. The molecule has 0 radical (unpaired) electrons. The Bertz CT molecular complexity index is 756. The van der Waals surface area contributed by atoms with Gasteiger partial charge in [0.1, 0.15) is 11.6 Å². The zero-order valence-corrected chi connectivity index (χ0v) is 13.0. The lowest BCUT2D eigenvalue weighted by Gasteiger charge is -2.42. The van der Waals surface area contributed by atoms with E-state index in [1.54, 1.807) is 12.1 Å². The quantitative estimate of drug-likeness (QED) is 0.914. The lowest BCUT2D eigenvalue weighted by atomic mass is 9.94. The molecule has 2 aromatic rings. The summed E-state index contributed by atoms with van der Waals surface area (Å²) in [5.74, 6) is -1.32. The van der Waals surface area contributed by atoms with E-state index in [1.807, 2.05) is 42.5 Å². The number of carbonyl (C=O) groups excluding carboxylic acids is 1. The van der Waals surface area contributed by atoms with Crippen LogP contribution in [0.25, 0.3) is 0 Å². The van der Waals surface area contributed by atoms with Crippen LogP contribution in [0.4, 0.5) is 11.4 Å². The molecule has 2 aromatic carbocycles. The minimum Gasteiger partial charge on any atom is -0.480 e. The predicted octanol–water partition coefficient (Wildman–Crippen LogP) is 3.05. The van der Waals surface area contributed by atoms with Crippen molar-refractivity contribution < 1.29 is 14.7 Å². The van der Waals surface area contributed by atoms with Gasteiger partial charge in [-0.3, -0.25) is 9.69 Å². The molecule has 0 fully saturated rings. The van der Waals surface area contributed by atoms with Crippen LogP contribution in [-0.2, 0) is 9.59 Å². The fourth-order valence-corrected chi connectivity index (χ4v) is 2.80. The summed E-state index contributed by atoms with van der Waals surface area (Å²) in [5, 5.41) is 12.8. The molecule has 5 nitrogen and oxygen atoms in total. The van der Waals surface area contributed by atoms with Gasteiger partial charge in [-0.25, -0.2) is 4.79 Å². The van der Waals surface area contributed by atoms with Gasteiger partial charge < -0.3 is 10.4 Å². The number of rotatable bonds is 3. The van der Waals surface area contributed by atoms with Gasteiger partial charge in [0, 0.05) is 0 Å². The molecule has 1 heterocycles. The van der Waals surface area contributed by atoms with Gasteiger partial charge in [-0.15, -0.1) is 0 Å². The van der Waals surface area contributed by atoms with Gasteiger partial charge in [-0.05, 0) is 31.5 Å². The third-order valence-electron chi connectivity index (χ3n) is 4.13. The third kappa shape index (κ3) is 2.44. The summed E-state index contributed by atoms with van der Waals surface area (Å²) < 4.78 is 0. The maximum absolute atomic E-state index is 13.0. The van der Waals surface area contributed by atoms with Gasteiger partial charge in [0.05, 0.1) is 11.4 Å². The van der Waals surface area contributed by atoms with Crippen LogP contribution in [0.3, 0.4) is 0 Å². The molecule has 0 bridgehead atoms. The highest BCUT2D eigenvalue weighted by atomic mass is 16.4. The van der Waals surface area contributed by atoms with Crippen LogP contribution in [0.1, 0.15) is 25.5 Å². The Morgan fingerprint density at radius 2 is 1.70 bits per heavy atom. The fourth-order valence-electron chi connectivity index (χ4n) is 2.80. The first-order valence-electron chi connectivity index (χ1n) is 7.41. The van der Waals surface area contributed by atoms with E-state index in [0.717, 1.165) is 11.3 Å². The van der Waals surface area contributed by atoms with Crippen LogP contribution >= 0.6 is 0 Å². The van der Waals surface area contributed by atoms with Crippen molar-refractivity contribution in [2.75, 3.05) is 10.2 Å². The van der Waals surface area contributed by atoms with Crippen molar-refractivity contribution in [3.63, 3.8) is 0 Å². The van der Waals surface area contributed by atoms with E-state index in [4.69, 9.17) is 0 Å². The van der Waals surface area contributed by atoms with Crippen molar-refractivity contribution in [2.24, 2.45) is 0 Å². The topological polar surface area (TPSA) is 69.6 Å². The Hall–Kier alpha value is -2.82. The molecule has 1 aliphatic rings. The van der Waals surface area contributed by atoms with Gasteiger partial charge >= 0.3 is 5.97 Å². The molecule has 0 aliphatic carbocycles. The molecule has 0 aromatic heterocycles. The molecule has 0 spiro atoms. The lowest BCUT2D eigenvalue weighted by Crippen LogP contribution is -2.57. The number of nitrogens with zero attached hydrogens (tertiary/aromatic N) is 1. The largest absolute Gasteiger partial charge is 0.480 e. The summed E-state index contributed by atoms with van der Waals surface area (Å²) in [6.07, 6.45) is 0. The fraction of sp³-hybridized carbons (Fsp3) is 0.222. The molecule has 3 rings (SSSR count). The van der Waals surface area contributed by atoms with Crippen LogP contribution < -0.4 is 10.2 Å². The van der Waals surface area contributed by atoms with E-state index in [2.05, 4.69) is 5.32 Å². The van der Waals surface area contributed by atoms with Crippen LogP contribution in [0.2, 0.25) is 0 Å². The molecule has 2 N–H and O–H groups in total. The van der Waals surface area contributed by atoms with Crippen molar-refractivity contribution in [1.82, 2.24) is 0 Å². The highest BCUT2D eigenvalue weighted by Gasteiger charge is 2.45. The Kier molecular flexibility index (Phi) is 3.56. The molecule has 1 amide bonds. The zero-order valence-electron chi connectivity index (χ0n) is 13.0. The van der Waals surface area contributed by atoms with E-state index in [0.29, 0.717) is 5.69 Å². The number of carboxylic acid groups (broad SMARTS) is 1. The standard InChI is InChI=1S/C18H18N2O3/c1-18(2,17(22)23)20-14-11-7-6-10-13(14)19-15(16(20)21)12-8-4-3-5-9-12/h3-11,15,19H,1-2H3,(H,22,23). The average Bonchev–Trinajstić information content (AvgIpc) is 2.54. The first kappa shape index (κ1) is 15.1. The summed E-state index contributed by atoms with van der Waals surface area (Å²) in [6, 6.07) is 16.0. The van der Waals surface area contributed by atoms with Crippen LogP contribution in [-0.4, -0.2) is 22.5 Å². The highest BCUT2D eigenvalue weighted by molar-refractivity contribution is 6.09. The second-order valence-electron chi connectivity index (χ2n) is 6.04. The summed E-state index contributed by atoms with van der Waals surface area (Å²) in [4.78, 5) is 26.1. The number of carbonyl (C=O) groups is 2. The average molecular weight is 310 g/mol. The van der Waals surface area contributed by atoms with Crippen molar-refractivity contribution in [3.05, 3.63) is 60.2 Å². The van der Waals surface area contributed by atoms with Crippen LogP contribution in [0.5, 0.6) is 0 Å². The van der Waals surface area contributed by atoms with Gasteiger partial charge in [0.15, 0.2) is 0 Å². The number of aliphatic carboxylic acids is 1. The summed E-state index contributed by atoms with van der Waals surface area (Å²) in [7, 11) is 0. The van der Waals surface area contributed by atoms with Crippen LogP contribution in [0, 0.1) is 0 Å². The highest BCUT2D eigenvalue weighted by Crippen LogP contribution is 2.40. The number of amides is 1.